The Morgan fingerprint density at radius 1 is 1.25 bits per heavy atom. The molecule has 0 aromatic heterocycles. The molecule has 0 radical (unpaired) electrons. The Labute approximate surface area is 143 Å². The molecule has 1 aromatic rings. The Balaban J connectivity index is 2.24. The molecule has 1 saturated heterocycles. The molecule has 1 unspecified atom stereocenters. The van der Waals surface area contributed by atoms with Crippen LogP contribution in [0, 0.1) is 6.92 Å². The van der Waals surface area contributed by atoms with Gasteiger partial charge >= 0.3 is 5.97 Å². The van der Waals surface area contributed by atoms with E-state index in [2.05, 4.69) is 5.32 Å². The first kappa shape index (κ1) is 18.5. The molecule has 0 bridgehead atoms. The van der Waals surface area contributed by atoms with Crippen LogP contribution >= 0.6 is 0 Å². The van der Waals surface area contributed by atoms with Crippen LogP contribution in [-0.2, 0) is 19.7 Å². The highest BCUT2D eigenvalue weighted by Gasteiger charge is 2.42. The van der Waals surface area contributed by atoms with E-state index in [0.717, 1.165) is 24.0 Å². The van der Waals surface area contributed by atoms with Crippen LogP contribution in [0.1, 0.15) is 50.2 Å². The van der Waals surface area contributed by atoms with Crippen LogP contribution in [-0.4, -0.2) is 36.2 Å². The number of rotatable bonds is 7. The number of carboxylic acid groups (broad SMARTS) is 1. The molecule has 1 amide bonds. The molecule has 24 heavy (non-hydrogen) atoms. The molecule has 2 rings (SSSR count). The van der Waals surface area contributed by atoms with Crippen LogP contribution in [0.25, 0.3) is 0 Å². The van der Waals surface area contributed by atoms with E-state index in [1.807, 2.05) is 38.1 Å². The first-order valence-corrected chi connectivity index (χ1v) is 8.68. The van der Waals surface area contributed by atoms with Gasteiger partial charge in [0.1, 0.15) is 6.04 Å². The molecule has 1 aliphatic rings. The van der Waals surface area contributed by atoms with Crippen molar-refractivity contribution in [3.8, 4) is 0 Å². The van der Waals surface area contributed by atoms with Crippen molar-refractivity contribution in [1.29, 1.82) is 0 Å². The summed E-state index contributed by atoms with van der Waals surface area (Å²) in [7, 11) is 0. The summed E-state index contributed by atoms with van der Waals surface area (Å²) in [5.74, 6) is -1.17. The van der Waals surface area contributed by atoms with Crippen molar-refractivity contribution >= 4 is 11.9 Å². The van der Waals surface area contributed by atoms with Gasteiger partial charge in [0.2, 0.25) is 5.91 Å². The molecule has 2 N–H and O–H groups in total. The quantitative estimate of drug-likeness (QED) is 0.804. The molecule has 5 nitrogen and oxygen atoms in total. The van der Waals surface area contributed by atoms with Crippen LogP contribution in [0.3, 0.4) is 0 Å². The summed E-state index contributed by atoms with van der Waals surface area (Å²) in [4.78, 5) is 24.5. The molecule has 132 valence electrons. The monoisotopic (exact) mass is 333 g/mol. The first-order chi connectivity index (χ1) is 11.5. The van der Waals surface area contributed by atoms with Crippen LogP contribution in [0.15, 0.2) is 24.3 Å². The molecule has 0 spiro atoms. The van der Waals surface area contributed by atoms with Crippen molar-refractivity contribution in [2.24, 2.45) is 0 Å². The van der Waals surface area contributed by atoms with E-state index < -0.39 is 17.4 Å². The lowest BCUT2D eigenvalue weighted by Crippen LogP contribution is -2.52. The number of aliphatic carboxylic acids is 1. The van der Waals surface area contributed by atoms with Crippen LogP contribution in [0.4, 0.5) is 0 Å². The molecule has 1 fully saturated rings. The van der Waals surface area contributed by atoms with Crippen molar-refractivity contribution < 1.29 is 19.4 Å². The molecular formula is C19H27NO4. The van der Waals surface area contributed by atoms with Gasteiger partial charge in [0.15, 0.2) is 0 Å². The van der Waals surface area contributed by atoms with Gasteiger partial charge < -0.3 is 15.2 Å². The molecule has 1 heterocycles. The highest BCUT2D eigenvalue weighted by molar-refractivity contribution is 5.91. The van der Waals surface area contributed by atoms with Gasteiger partial charge in [0.05, 0.1) is 5.41 Å². The van der Waals surface area contributed by atoms with E-state index >= 15 is 0 Å². The van der Waals surface area contributed by atoms with Crippen molar-refractivity contribution in [2.45, 2.75) is 57.4 Å². The van der Waals surface area contributed by atoms with E-state index in [4.69, 9.17) is 4.74 Å². The van der Waals surface area contributed by atoms with Gasteiger partial charge in [-0.15, -0.1) is 0 Å². The number of unbranched alkanes of at least 4 members (excludes halogenated alkanes) is 1. The van der Waals surface area contributed by atoms with Crippen molar-refractivity contribution in [1.82, 2.24) is 5.32 Å². The zero-order valence-electron chi connectivity index (χ0n) is 14.5. The summed E-state index contributed by atoms with van der Waals surface area (Å²) in [5, 5.41) is 12.2. The van der Waals surface area contributed by atoms with Crippen molar-refractivity contribution in [3.05, 3.63) is 35.4 Å². The Kier molecular flexibility index (Phi) is 6.37. The fourth-order valence-corrected chi connectivity index (χ4v) is 3.20. The molecule has 1 atom stereocenters. The Morgan fingerprint density at radius 3 is 2.42 bits per heavy atom. The number of aryl methyl sites for hydroxylation is 1. The second-order valence-electron chi connectivity index (χ2n) is 6.57. The standard InChI is InChI=1S/C19H27NO4/c1-3-4-5-16(17(21)22)20-18(23)19(10-12-24-13-11-19)15-8-6-14(2)7-9-15/h6-9,16H,3-5,10-13H2,1-2H3,(H,20,23)(H,21,22). The summed E-state index contributed by atoms with van der Waals surface area (Å²) < 4.78 is 5.44. The minimum Gasteiger partial charge on any atom is -0.480 e. The molecule has 1 aliphatic heterocycles. The third-order valence-electron chi connectivity index (χ3n) is 4.83. The summed E-state index contributed by atoms with van der Waals surface area (Å²) in [6, 6.07) is 7.10. The second-order valence-corrected chi connectivity index (χ2v) is 6.57. The minimum atomic E-state index is -0.970. The van der Waals surface area contributed by atoms with E-state index in [1.165, 1.54) is 0 Å². The average Bonchev–Trinajstić information content (AvgIpc) is 2.59. The number of carbonyl (C=O) groups excluding carboxylic acids is 1. The van der Waals surface area contributed by atoms with Gasteiger partial charge in [-0.2, -0.15) is 0 Å². The number of carbonyl (C=O) groups is 2. The summed E-state index contributed by atoms with van der Waals surface area (Å²) in [6.45, 7) is 5.03. The smallest absolute Gasteiger partial charge is 0.326 e. The second kappa shape index (κ2) is 8.29. The topological polar surface area (TPSA) is 75.6 Å². The SMILES string of the molecule is CCCCC(NC(=O)C1(c2ccc(C)cc2)CCOCC1)C(=O)O. The fraction of sp³-hybridized carbons (Fsp3) is 0.579. The predicted octanol–water partition coefficient (Wildman–Crippen LogP) is 2.80. The fourth-order valence-electron chi connectivity index (χ4n) is 3.20. The maximum absolute atomic E-state index is 13.1. The van der Waals surface area contributed by atoms with Gasteiger partial charge in [-0.1, -0.05) is 49.6 Å². The Bertz CT molecular complexity index is 561. The summed E-state index contributed by atoms with van der Waals surface area (Å²) >= 11 is 0. The lowest BCUT2D eigenvalue weighted by atomic mass is 9.73. The molecule has 0 aliphatic carbocycles. The number of hydrogen-bond acceptors (Lipinski definition) is 3. The lowest BCUT2D eigenvalue weighted by molar-refractivity contribution is -0.144. The number of nitrogens with one attached hydrogen (secondary N) is 1. The number of carboxylic acids is 1. The van der Waals surface area contributed by atoms with Gasteiger partial charge in [0.25, 0.3) is 0 Å². The van der Waals surface area contributed by atoms with Gasteiger partial charge in [-0.05, 0) is 31.7 Å². The number of ether oxygens (including phenoxy) is 1. The van der Waals surface area contributed by atoms with E-state index in [9.17, 15) is 14.7 Å². The maximum atomic E-state index is 13.1. The Morgan fingerprint density at radius 2 is 1.88 bits per heavy atom. The normalized spacial score (nSPS) is 17.9. The molecule has 5 heteroatoms. The van der Waals surface area contributed by atoms with Gasteiger partial charge in [-0.3, -0.25) is 4.79 Å². The minimum absolute atomic E-state index is 0.196. The van der Waals surface area contributed by atoms with Crippen molar-refractivity contribution in [2.75, 3.05) is 13.2 Å². The maximum Gasteiger partial charge on any atom is 0.326 e. The molecular weight excluding hydrogens is 306 g/mol. The van der Waals surface area contributed by atoms with Crippen LogP contribution < -0.4 is 5.32 Å². The largest absolute Gasteiger partial charge is 0.480 e. The van der Waals surface area contributed by atoms with E-state index in [1.54, 1.807) is 0 Å². The number of hydrogen-bond donors (Lipinski definition) is 2. The molecule has 0 saturated carbocycles. The first-order valence-electron chi connectivity index (χ1n) is 8.68. The highest BCUT2D eigenvalue weighted by Crippen LogP contribution is 2.35. The average molecular weight is 333 g/mol. The Hall–Kier alpha value is -1.88. The zero-order chi connectivity index (χ0) is 17.6. The van der Waals surface area contributed by atoms with Crippen molar-refractivity contribution in [3.63, 3.8) is 0 Å². The number of benzene rings is 1. The van der Waals surface area contributed by atoms with Gasteiger partial charge in [0, 0.05) is 13.2 Å². The summed E-state index contributed by atoms with van der Waals surface area (Å²) in [6.07, 6.45) is 3.27. The van der Waals surface area contributed by atoms with E-state index in [-0.39, 0.29) is 5.91 Å². The highest BCUT2D eigenvalue weighted by atomic mass is 16.5. The molecule has 1 aromatic carbocycles. The predicted molar refractivity (Wildman–Crippen MR) is 92.0 cm³/mol. The van der Waals surface area contributed by atoms with Crippen LogP contribution in [0.5, 0.6) is 0 Å². The summed E-state index contributed by atoms with van der Waals surface area (Å²) in [5.41, 5.74) is 1.37. The number of amides is 1. The third-order valence-corrected chi connectivity index (χ3v) is 4.83. The third kappa shape index (κ3) is 4.15. The van der Waals surface area contributed by atoms with E-state index in [0.29, 0.717) is 32.5 Å². The van der Waals surface area contributed by atoms with Crippen LogP contribution in [0.2, 0.25) is 0 Å². The van der Waals surface area contributed by atoms with Gasteiger partial charge in [-0.25, -0.2) is 4.79 Å². The zero-order valence-corrected chi connectivity index (χ0v) is 14.5. The lowest BCUT2D eigenvalue weighted by Gasteiger charge is -2.37.